The van der Waals surface area contributed by atoms with Crippen LogP contribution in [-0.2, 0) is 14.3 Å². The molecule has 0 bridgehead atoms. The van der Waals surface area contributed by atoms with Crippen molar-refractivity contribution in [2.75, 3.05) is 14.2 Å². The van der Waals surface area contributed by atoms with Crippen LogP contribution in [0.25, 0.3) is 0 Å². The van der Waals surface area contributed by atoms with Crippen LogP contribution in [0.1, 0.15) is 58.8 Å². The molecule has 0 fully saturated rings. The molecule has 0 aromatic heterocycles. The number of amides is 1. The Morgan fingerprint density at radius 2 is 1.91 bits per heavy atom. The summed E-state index contributed by atoms with van der Waals surface area (Å²) in [6.07, 6.45) is 9.88. The Bertz CT molecular complexity index is 444. The fourth-order valence-corrected chi connectivity index (χ4v) is 2.65. The second kappa shape index (κ2) is 9.73. The van der Waals surface area contributed by atoms with Gasteiger partial charge in [0.15, 0.2) is 0 Å². The number of hydrogen-bond acceptors (Lipinski definition) is 4. The first-order chi connectivity index (χ1) is 11.0. The SMILES string of the molecule is CCCCCCCCC(=O)NC1=CC(C)(OC)C(O)C(OC)=C1. The van der Waals surface area contributed by atoms with E-state index < -0.39 is 11.7 Å². The molecule has 132 valence electrons. The van der Waals surface area contributed by atoms with Crippen molar-refractivity contribution >= 4 is 5.91 Å². The topological polar surface area (TPSA) is 67.8 Å². The molecule has 2 atom stereocenters. The first kappa shape index (κ1) is 19.7. The lowest BCUT2D eigenvalue weighted by atomic mass is 9.91. The van der Waals surface area contributed by atoms with E-state index in [4.69, 9.17) is 9.47 Å². The standard InChI is InChI=1S/C18H31NO4/c1-5-6-7-8-9-10-11-16(20)19-14-12-15(22-3)17(21)18(2,13-14)23-4/h12-13,17,21H,5-11H2,1-4H3,(H,19,20). The minimum Gasteiger partial charge on any atom is -0.498 e. The van der Waals surface area contributed by atoms with Gasteiger partial charge in [0.25, 0.3) is 0 Å². The van der Waals surface area contributed by atoms with E-state index in [0.29, 0.717) is 17.9 Å². The van der Waals surface area contributed by atoms with Gasteiger partial charge in [0.1, 0.15) is 17.5 Å². The molecule has 1 aliphatic rings. The third-order valence-electron chi connectivity index (χ3n) is 4.27. The first-order valence-corrected chi connectivity index (χ1v) is 8.48. The largest absolute Gasteiger partial charge is 0.498 e. The van der Waals surface area contributed by atoms with Crippen molar-refractivity contribution in [1.82, 2.24) is 5.32 Å². The third-order valence-corrected chi connectivity index (χ3v) is 4.27. The van der Waals surface area contributed by atoms with E-state index in [0.717, 1.165) is 12.8 Å². The summed E-state index contributed by atoms with van der Waals surface area (Å²) >= 11 is 0. The van der Waals surface area contributed by atoms with Crippen LogP contribution in [0.5, 0.6) is 0 Å². The Morgan fingerprint density at radius 3 is 2.52 bits per heavy atom. The molecule has 5 heteroatoms. The quantitative estimate of drug-likeness (QED) is 0.606. The van der Waals surface area contributed by atoms with Crippen LogP contribution in [0, 0.1) is 0 Å². The molecule has 2 N–H and O–H groups in total. The van der Waals surface area contributed by atoms with Gasteiger partial charge < -0.3 is 19.9 Å². The second-order valence-electron chi connectivity index (χ2n) is 6.21. The molecule has 0 aromatic rings. The van der Waals surface area contributed by atoms with E-state index in [-0.39, 0.29) is 5.91 Å². The molecular weight excluding hydrogens is 294 g/mol. The number of unbranched alkanes of at least 4 members (excludes halogenated alkanes) is 5. The molecule has 0 spiro atoms. The predicted molar refractivity (Wildman–Crippen MR) is 90.7 cm³/mol. The Labute approximate surface area is 139 Å². The highest BCUT2D eigenvalue weighted by Gasteiger charge is 2.38. The summed E-state index contributed by atoms with van der Waals surface area (Å²) in [4.78, 5) is 12.1. The molecule has 0 saturated heterocycles. The Balaban J connectivity index is 2.50. The van der Waals surface area contributed by atoms with Gasteiger partial charge in [0.05, 0.1) is 7.11 Å². The van der Waals surface area contributed by atoms with Crippen molar-refractivity contribution in [1.29, 1.82) is 0 Å². The molecule has 23 heavy (non-hydrogen) atoms. The number of allylic oxidation sites excluding steroid dienone is 1. The number of nitrogens with one attached hydrogen (secondary N) is 1. The molecule has 1 rings (SSSR count). The Kier molecular flexibility index (Phi) is 8.34. The number of aliphatic hydroxyl groups is 1. The van der Waals surface area contributed by atoms with Gasteiger partial charge in [-0.1, -0.05) is 39.0 Å². The van der Waals surface area contributed by atoms with Crippen LogP contribution in [0.4, 0.5) is 0 Å². The van der Waals surface area contributed by atoms with Crippen LogP contribution in [-0.4, -0.2) is 36.9 Å². The Morgan fingerprint density at radius 1 is 1.26 bits per heavy atom. The maximum atomic E-state index is 12.1. The number of rotatable bonds is 10. The molecular formula is C18H31NO4. The summed E-state index contributed by atoms with van der Waals surface area (Å²) in [6, 6.07) is 0. The lowest BCUT2D eigenvalue weighted by Gasteiger charge is -2.34. The monoisotopic (exact) mass is 325 g/mol. The van der Waals surface area contributed by atoms with Crippen molar-refractivity contribution < 1.29 is 19.4 Å². The number of aliphatic hydroxyl groups excluding tert-OH is 1. The van der Waals surface area contributed by atoms with Gasteiger partial charge in [-0.05, 0) is 19.4 Å². The van der Waals surface area contributed by atoms with E-state index >= 15 is 0 Å². The maximum Gasteiger partial charge on any atom is 0.224 e. The van der Waals surface area contributed by atoms with Crippen LogP contribution in [0.2, 0.25) is 0 Å². The molecule has 2 unspecified atom stereocenters. The lowest BCUT2D eigenvalue weighted by Crippen LogP contribution is -2.44. The molecule has 0 aliphatic heterocycles. The summed E-state index contributed by atoms with van der Waals surface area (Å²) in [5.41, 5.74) is -0.310. The van der Waals surface area contributed by atoms with Gasteiger partial charge in [-0.15, -0.1) is 0 Å². The fraction of sp³-hybridized carbons (Fsp3) is 0.722. The van der Waals surface area contributed by atoms with Crippen LogP contribution >= 0.6 is 0 Å². The van der Waals surface area contributed by atoms with E-state index in [1.165, 1.54) is 39.9 Å². The highest BCUT2D eigenvalue weighted by atomic mass is 16.5. The number of hydrogen-bond donors (Lipinski definition) is 2. The van der Waals surface area contributed by atoms with Crippen molar-refractivity contribution in [3.05, 3.63) is 23.6 Å². The zero-order valence-corrected chi connectivity index (χ0v) is 14.9. The number of carbonyl (C=O) groups excluding carboxylic acids is 1. The summed E-state index contributed by atoms with van der Waals surface area (Å²) in [5.74, 6) is 0.361. The average Bonchev–Trinajstić information content (AvgIpc) is 2.54. The van der Waals surface area contributed by atoms with Crippen molar-refractivity contribution in [2.45, 2.75) is 70.5 Å². The molecule has 0 saturated carbocycles. The molecule has 0 radical (unpaired) electrons. The maximum absolute atomic E-state index is 12.1. The summed E-state index contributed by atoms with van der Waals surface area (Å²) in [5, 5.41) is 13.1. The Hall–Kier alpha value is -1.33. The second-order valence-corrected chi connectivity index (χ2v) is 6.21. The van der Waals surface area contributed by atoms with Crippen LogP contribution in [0.15, 0.2) is 23.6 Å². The highest BCUT2D eigenvalue weighted by Crippen LogP contribution is 2.29. The molecule has 1 amide bonds. The third kappa shape index (κ3) is 5.99. The molecule has 1 aliphatic carbocycles. The smallest absolute Gasteiger partial charge is 0.224 e. The predicted octanol–water partition coefficient (Wildman–Crippen LogP) is 3.05. The van der Waals surface area contributed by atoms with E-state index in [1.54, 1.807) is 19.1 Å². The minimum atomic E-state index is -0.914. The zero-order chi connectivity index (χ0) is 17.3. The van der Waals surface area contributed by atoms with Crippen LogP contribution in [0.3, 0.4) is 0 Å². The number of methoxy groups -OCH3 is 2. The van der Waals surface area contributed by atoms with Crippen molar-refractivity contribution in [3.8, 4) is 0 Å². The molecule has 5 nitrogen and oxygen atoms in total. The van der Waals surface area contributed by atoms with Gasteiger partial charge in [0.2, 0.25) is 5.91 Å². The number of ether oxygens (including phenoxy) is 2. The summed E-state index contributed by atoms with van der Waals surface area (Å²) in [6.45, 7) is 3.95. The average molecular weight is 325 g/mol. The minimum absolute atomic E-state index is 0.0201. The fourth-order valence-electron chi connectivity index (χ4n) is 2.65. The summed E-state index contributed by atoms with van der Waals surface area (Å²) < 4.78 is 10.6. The van der Waals surface area contributed by atoms with Crippen molar-refractivity contribution in [3.63, 3.8) is 0 Å². The van der Waals surface area contributed by atoms with Gasteiger partial charge in [-0.3, -0.25) is 4.79 Å². The van der Waals surface area contributed by atoms with E-state index in [1.807, 2.05) is 0 Å². The zero-order valence-electron chi connectivity index (χ0n) is 14.9. The number of carbonyl (C=O) groups is 1. The van der Waals surface area contributed by atoms with Gasteiger partial charge >= 0.3 is 0 Å². The summed E-state index contributed by atoms with van der Waals surface area (Å²) in [7, 11) is 3.01. The van der Waals surface area contributed by atoms with Crippen LogP contribution < -0.4 is 5.32 Å². The highest BCUT2D eigenvalue weighted by molar-refractivity contribution is 5.78. The van der Waals surface area contributed by atoms with Gasteiger partial charge in [0, 0.05) is 25.3 Å². The van der Waals surface area contributed by atoms with Gasteiger partial charge in [-0.2, -0.15) is 0 Å². The normalized spacial score (nSPS) is 24.0. The lowest BCUT2D eigenvalue weighted by molar-refractivity contribution is -0.120. The van der Waals surface area contributed by atoms with Gasteiger partial charge in [-0.25, -0.2) is 0 Å². The van der Waals surface area contributed by atoms with E-state index in [2.05, 4.69) is 12.2 Å². The van der Waals surface area contributed by atoms with Crippen molar-refractivity contribution in [2.24, 2.45) is 0 Å². The van der Waals surface area contributed by atoms with E-state index in [9.17, 15) is 9.90 Å². The molecule has 0 aromatic carbocycles. The molecule has 0 heterocycles. The first-order valence-electron chi connectivity index (χ1n) is 8.48.